The van der Waals surface area contributed by atoms with E-state index in [1.165, 1.54) is 11.7 Å². The van der Waals surface area contributed by atoms with Crippen LogP contribution in [0, 0.1) is 13.8 Å². The third kappa shape index (κ3) is 3.48. The molecule has 0 radical (unpaired) electrons. The van der Waals surface area contributed by atoms with Crippen LogP contribution in [0.3, 0.4) is 0 Å². The number of hydrogen-bond acceptors (Lipinski definition) is 5. The van der Waals surface area contributed by atoms with Gasteiger partial charge in [0.2, 0.25) is 0 Å². The smallest absolute Gasteiger partial charge is 0.276 e. The number of nitrogens with zero attached hydrogens (tertiary/aromatic N) is 6. The minimum Gasteiger partial charge on any atom is -0.354 e. The monoisotopic (exact) mass is 356 g/mol. The van der Waals surface area contributed by atoms with Gasteiger partial charge >= 0.3 is 0 Å². The first kappa shape index (κ1) is 17.4. The van der Waals surface area contributed by atoms with Gasteiger partial charge in [0.25, 0.3) is 11.8 Å². The van der Waals surface area contributed by atoms with E-state index in [0.29, 0.717) is 12.4 Å². The first-order valence-corrected chi connectivity index (χ1v) is 7.99. The van der Waals surface area contributed by atoms with Crippen LogP contribution in [0.4, 0.5) is 5.69 Å². The molecule has 0 aromatic carbocycles. The largest absolute Gasteiger partial charge is 0.354 e. The van der Waals surface area contributed by atoms with Crippen molar-refractivity contribution >= 4 is 17.5 Å². The van der Waals surface area contributed by atoms with Crippen molar-refractivity contribution in [2.45, 2.75) is 20.5 Å². The normalized spacial score (nSPS) is 10.8. The van der Waals surface area contributed by atoms with Gasteiger partial charge in [-0.25, -0.2) is 4.68 Å². The zero-order chi connectivity index (χ0) is 18.8. The SMILES string of the molecule is CNC(=O)c1nn(C)cc1NC(=O)c1ccn(Cn2nc(C)cc2C)n1. The number of anilines is 1. The molecule has 26 heavy (non-hydrogen) atoms. The van der Waals surface area contributed by atoms with Crippen molar-refractivity contribution in [3.05, 3.63) is 47.3 Å². The predicted molar refractivity (Wildman–Crippen MR) is 93.9 cm³/mol. The third-order valence-corrected chi connectivity index (χ3v) is 3.77. The Labute approximate surface area is 149 Å². The Hall–Kier alpha value is -3.43. The second-order valence-electron chi connectivity index (χ2n) is 5.91. The topological polar surface area (TPSA) is 112 Å². The van der Waals surface area contributed by atoms with Crippen LogP contribution in [0.5, 0.6) is 0 Å². The Balaban J connectivity index is 1.75. The predicted octanol–water partition coefficient (Wildman–Crippen LogP) is 0.548. The molecular formula is C16H20N8O2. The van der Waals surface area contributed by atoms with Crippen molar-refractivity contribution < 1.29 is 9.59 Å². The number of amides is 2. The van der Waals surface area contributed by atoms with Gasteiger partial charge in [0.05, 0.1) is 11.4 Å². The van der Waals surface area contributed by atoms with Crippen molar-refractivity contribution in [2.24, 2.45) is 7.05 Å². The summed E-state index contributed by atoms with van der Waals surface area (Å²) in [6.45, 7) is 4.28. The van der Waals surface area contributed by atoms with E-state index in [9.17, 15) is 9.59 Å². The zero-order valence-electron chi connectivity index (χ0n) is 15.0. The Kier molecular flexibility index (Phi) is 4.57. The van der Waals surface area contributed by atoms with Crippen molar-refractivity contribution in [1.82, 2.24) is 34.7 Å². The highest BCUT2D eigenvalue weighted by molar-refractivity contribution is 6.07. The second kappa shape index (κ2) is 6.82. The summed E-state index contributed by atoms with van der Waals surface area (Å²) in [5, 5.41) is 17.9. The quantitative estimate of drug-likeness (QED) is 0.693. The molecule has 10 nitrogen and oxygen atoms in total. The lowest BCUT2D eigenvalue weighted by atomic mass is 10.3. The average Bonchev–Trinajstić information content (AvgIpc) is 3.27. The average molecular weight is 356 g/mol. The van der Waals surface area contributed by atoms with Crippen molar-refractivity contribution in [1.29, 1.82) is 0 Å². The number of rotatable bonds is 5. The number of carbonyl (C=O) groups excluding carboxylic acids is 2. The van der Waals surface area contributed by atoms with Gasteiger partial charge in [0.15, 0.2) is 11.4 Å². The maximum Gasteiger partial charge on any atom is 0.276 e. The van der Waals surface area contributed by atoms with Gasteiger partial charge < -0.3 is 10.6 Å². The van der Waals surface area contributed by atoms with E-state index in [1.807, 2.05) is 19.9 Å². The summed E-state index contributed by atoms with van der Waals surface area (Å²) in [4.78, 5) is 24.3. The number of aryl methyl sites for hydroxylation is 3. The minimum absolute atomic E-state index is 0.144. The van der Waals surface area contributed by atoms with Crippen LogP contribution in [0.2, 0.25) is 0 Å². The molecule has 0 aliphatic heterocycles. The lowest BCUT2D eigenvalue weighted by molar-refractivity contribution is 0.0958. The van der Waals surface area contributed by atoms with Gasteiger partial charge in [-0.3, -0.25) is 19.0 Å². The summed E-state index contributed by atoms with van der Waals surface area (Å²) in [6, 6.07) is 3.58. The van der Waals surface area contributed by atoms with Crippen molar-refractivity contribution in [2.75, 3.05) is 12.4 Å². The molecule has 2 N–H and O–H groups in total. The lowest BCUT2D eigenvalue weighted by Gasteiger charge is -2.05. The Morgan fingerprint density at radius 2 is 1.92 bits per heavy atom. The minimum atomic E-state index is -0.421. The first-order chi connectivity index (χ1) is 12.4. The molecule has 0 saturated carbocycles. The van der Waals surface area contributed by atoms with Crippen LogP contribution in [-0.2, 0) is 13.7 Å². The Bertz CT molecular complexity index is 965. The maximum atomic E-state index is 12.4. The molecule has 0 bridgehead atoms. The van der Waals surface area contributed by atoms with E-state index in [-0.39, 0.29) is 17.3 Å². The van der Waals surface area contributed by atoms with Gasteiger partial charge in [-0.1, -0.05) is 0 Å². The molecule has 3 aromatic heterocycles. The van der Waals surface area contributed by atoms with Crippen LogP contribution >= 0.6 is 0 Å². The van der Waals surface area contributed by atoms with Crippen LogP contribution < -0.4 is 10.6 Å². The fraction of sp³-hybridized carbons (Fsp3) is 0.312. The maximum absolute atomic E-state index is 12.4. The standard InChI is InChI=1S/C16H20N8O2/c1-10-7-11(2)24(19-10)9-23-6-5-12(20-23)15(25)18-13-8-22(4)21-14(13)16(26)17-3/h5-8H,9H2,1-4H3,(H,17,26)(H,18,25). The molecule has 136 valence electrons. The van der Waals surface area contributed by atoms with E-state index in [1.54, 1.807) is 34.9 Å². The highest BCUT2D eigenvalue weighted by atomic mass is 16.2. The third-order valence-electron chi connectivity index (χ3n) is 3.77. The number of aromatic nitrogens is 6. The molecule has 3 heterocycles. The van der Waals surface area contributed by atoms with Gasteiger partial charge in [-0.15, -0.1) is 0 Å². The summed E-state index contributed by atoms with van der Waals surface area (Å²) >= 11 is 0. The first-order valence-electron chi connectivity index (χ1n) is 7.99. The summed E-state index contributed by atoms with van der Waals surface area (Å²) in [6.07, 6.45) is 3.27. The van der Waals surface area contributed by atoms with Crippen LogP contribution in [0.15, 0.2) is 24.5 Å². The van der Waals surface area contributed by atoms with Gasteiger partial charge in [0, 0.05) is 32.2 Å². The summed E-state index contributed by atoms with van der Waals surface area (Å²) < 4.78 is 4.88. The molecule has 0 aliphatic rings. The molecule has 10 heteroatoms. The van der Waals surface area contributed by atoms with Crippen LogP contribution in [-0.4, -0.2) is 48.2 Å². The van der Waals surface area contributed by atoms with E-state index in [4.69, 9.17) is 0 Å². The van der Waals surface area contributed by atoms with Gasteiger partial charge in [-0.2, -0.15) is 15.3 Å². The molecular weight excluding hydrogens is 336 g/mol. The van der Waals surface area contributed by atoms with E-state index < -0.39 is 5.91 Å². The Morgan fingerprint density at radius 1 is 1.15 bits per heavy atom. The summed E-state index contributed by atoms with van der Waals surface area (Å²) in [5.74, 6) is -0.800. The van der Waals surface area contributed by atoms with Crippen molar-refractivity contribution in [3.63, 3.8) is 0 Å². The molecule has 2 amide bonds. The fourth-order valence-electron chi connectivity index (χ4n) is 2.57. The van der Waals surface area contributed by atoms with Crippen LogP contribution in [0.1, 0.15) is 32.4 Å². The number of nitrogens with one attached hydrogen (secondary N) is 2. The summed E-state index contributed by atoms with van der Waals surface area (Å²) in [5.41, 5.74) is 2.63. The second-order valence-corrected chi connectivity index (χ2v) is 5.91. The molecule has 0 saturated heterocycles. The molecule has 0 spiro atoms. The summed E-state index contributed by atoms with van der Waals surface area (Å²) in [7, 11) is 3.18. The van der Waals surface area contributed by atoms with E-state index in [0.717, 1.165) is 11.4 Å². The van der Waals surface area contributed by atoms with Crippen LogP contribution in [0.25, 0.3) is 0 Å². The highest BCUT2D eigenvalue weighted by Gasteiger charge is 2.18. The van der Waals surface area contributed by atoms with Gasteiger partial charge in [-0.05, 0) is 26.0 Å². The molecule has 0 atom stereocenters. The van der Waals surface area contributed by atoms with E-state index in [2.05, 4.69) is 25.9 Å². The molecule has 3 rings (SSSR count). The van der Waals surface area contributed by atoms with Crippen molar-refractivity contribution in [3.8, 4) is 0 Å². The molecule has 0 fully saturated rings. The Morgan fingerprint density at radius 3 is 2.58 bits per heavy atom. The molecule has 0 unspecified atom stereocenters. The lowest BCUT2D eigenvalue weighted by Crippen LogP contribution is -2.22. The van der Waals surface area contributed by atoms with Gasteiger partial charge in [0.1, 0.15) is 6.67 Å². The molecule has 3 aromatic rings. The highest BCUT2D eigenvalue weighted by Crippen LogP contribution is 2.14. The number of hydrogen-bond donors (Lipinski definition) is 2. The number of carbonyl (C=O) groups is 2. The van der Waals surface area contributed by atoms with E-state index >= 15 is 0 Å². The fourth-order valence-corrected chi connectivity index (χ4v) is 2.57. The molecule has 0 aliphatic carbocycles. The zero-order valence-corrected chi connectivity index (χ0v) is 15.0.